The number of ether oxygens (including phenoxy) is 3. The summed E-state index contributed by atoms with van der Waals surface area (Å²) in [5, 5.41) is 25.4. The highest BCUT2D eigenvalue weighted by Gasteiger charge is 2.95. The van der Waals surface area contributed by atoms with Crippen molar-refractivity contribution in [2.45, 2.75) is 64.3 Å². The molecule has 0 bridgehead atoms. The minimum absolute atomic E-state index is 0.505. The highest BCUT2D eigenvalue weighted by atomic mass is 16.6. The lowest BCUT2D eigenvalue weighted by Gasteiger charge is -2.52. The normalized spacial score (nSPS) is 47.7. The molecule has 0 aromatic rings. The molecule has 3 N–H and O–H groups in total. The van der Waals surface area contributed by atoms with Gasteiger partial charge < -0.3 is 29.7 Å². The van der Waals surface area contributed by atoms with E-state index < -0.39 is 76.6 Å². The summed E-state index contributed by atoms with van der Waals surface area (Å²) in [6, 6.07) is 0. The van der Waals surface area contributed by atoms with Crippen LogP contribution in [0.5, 0.6) is 0 Å². The SMILES string of the molecule is CC(=O)OC1C(=O)NC2OC(=O)C34CC(=O)OC3C(O)C(O)(C(C)(C)C)C214. The van der Waals surface area contributed by atoms with Crippen molar-refractivity contribution in [3.8, 4) is 0 Å². The topological polar surface area (TPSA) is 148 Å². The van der Waals surface area contributed by atoms with Crippen LogP contribution in [0.3, 0.4) is 0 Å². The van der Waals surface area contributed by atoms with Crippen molar-refractivity contribution in [3.05, 3.63) is 0 Å². The van der Waals surface area contributed by atoms with Gasteiger partial charge in [-0.2, -0.15) is 0 Å². The third kappa shape index (κ3) is 1.61. The van der Waals surface area contributed by atoms with Gasteiger partial charge in [0.1, 0.15) is 28.6 Å². The minimum Gasteiger partial charge on any atom is -0.458 e. The molecule has 2 spiro atoms. The average molecular weight is 383 g/mol. The number of hydrogen-bond acceptors (Lipinski definition) is 9. The molecule has 148 valence electrons. The number of rotatable bonds is 1. The van der Waals surface area contributed by atoms with Crippen LogP contribution in [-0.4, -0.2) is 64.2 Å². The molecule has 3 heterocycles. The van der Waals surface area contributed by atoms with Crippen molar-refractivity contribution in [1.82, 2.24) is 5.32 Å². The number of carbonyl (C=O) groups is 4. The van der Waals surface area contributed by atoms with Crippen LogP contribution in [0, 0.1) is 16.2 Å². The molecule has 7 unspecified atom stereocenters. The van der Waals surface area contributed by atoms with Gasteiger partial charge in [0.2, 0.25) is 0 Å². The van der Waals surface area contributed by atoms with Gasteiger partial charge in [-0.1, -0.05) is 20.8 Å². The van der Waals surface area contributed by atoms with E-state index in [2.05, 4.69) is 5.32 Å². The Bertz CT molecular complexity index is 788. The Morgan fingerprint density at radius 2 is 1.89 bits per heavy atom. The van der Waals surface area contributed by atoms with Crippen LogP contribution in [0.1, 0.15) is 34.1 Å². The fourth-order valence-electron chi connectivity index (χ4n) is 5.73. The van der Waals surface area contributed by atoms with Gasteiger partial charge in [-0.05, 0) is 5.41 Å². The minimum atomic E-state index is -2.17. The van der Waals surface area contributed by atoms with Gasteiger partial charge in [0, 0.05) is 6.92 Å². The van der Waals surface area contributed by atoms with E-state index in [1.807, 2.05) is 0 Å². The second-order valence-electron chi connectivity index (χ2n) is 8.67. The van der Waals surface area contributed by atoms with E-state index in [0.29, 0.717) is 0 Å². The van der Waals surface area contributed by atoms with E-state index in [4.69, 9.17) is 14.2 Å². The van der Waals surface area contributed by atoms with Gasteiger partial charge in [0.15, 0.2) is 12.3 Å². The van der Waals surface area contributed by atoms with Gasteiger partial charge in [-0.15, -0.1) is 0 Å². The van der Waals surface area contributed by atoms with Gasteiger partial charge >= 0.3 is 17.9 Å². The number of amides is 1. The number of nitrogens with one attached hydrogen (secondary N) is 1. The first-order valence-corrected chi connectivity index (χ1v) is 8.64. The molecule has 4 fully saturated rings. The van der Waals surface area contributed by atoms with Gasteiger partial charge in [0.05, 0.1) is 6.42 Å². The van der Waals surface area contributed by atoms with Crippen molar-refractivity contribution >= 4 is 23.8 Å². The lowest BCUT2D eigenvalue weighted by atomic mass is 9.52. The zero-order chi connectivity index (χ0) is 20.2. The van der Waals surface area contributed by atoms with Gasteiger partial charge in [0.25, 0.3) is 5.91 Å². The average Bonchev–Trinajstić information content (AvgIpc) is 3.13. The highest BCUT2D eigenvalue weighted by Crippen LogP contribution is 2.74. The molecule has 1 aliphatic carbocycles. The molecule has 0 radical (unpaired) electrons. The molecule has 3 aliphatic heterocycles. The summed E-state index contributed by atoms with van der Waals surface area (Å²) in [5.41, 5.74) is -7.08. The van der Waals surface area contributed by atoms with Crippen molar-refractivity contribution in [1.29, 1.82) is 0 Å². The third-order valence-electron chi connectivity index (χ3n) is 6.61. The first-order valence-electron chi connectivity index (χ1n) is 8.64. The van der Waals surface area contributed by atoms with Crippen LogP contribution in [-0.2, 0) is 33.4 Å². The summed E-state index contributed by atoms with van der Waals surface area (Å²) < 4.78 is 15.8. The Morgan fingerprint density at radius 1 is 1.26 bits per heavy atom. The number of aliphatic hydroxyl groups is 2. The predicted molar refractivity (Wildman–Crippen MR) is 83.4 cm³/mol. The van der Waals surface area contributed by atoms with Gasteiger partial charge in [-0.25, -0.2) is 0 Å². The van der Waals surface area contributed by atoms with E-state index in [0.717, 1.165) is 6.92 Å². The van der Waals surface area contributed by atoms with Crippen LogP contribution in [0.4, 0.5) is 0 Å². The predicted octanol–water partition coefficient (Wildman–Crippen LogP) is -1.63. The molecule has 1 saturated carbocycles. The standard InChI is InChI=1S/C17H21NO9/c1-6(19)25-10-11(22)18-12-16(10)15(13(23)27-12)5-7(20)26-9(15)8(21)17(16,24)14(2,3)4/h8-10,12,21,24H,5H2,1-4H3,(H,18,22). The first-order chi connectivity index (χ1) is 12.4. The summed E-state index contributed by atoms with van der Waals surface area (Å²) in [7, 11) is 0. The molecule has 10 heteroatoms. The largest absolute Gasteiger partial charge is 0.458 e. The van der Waals surface area contributed by atoms with E-state index in [9.17, 15) is 29.4 Å². The quantitative estimate of drug-likeness (QED) is 0.358. The number of hydrogen-bond donors (Lipinski definition) is 3. The molecule has 3 saturated heterocycles. The Labute approximate surface area is 154 Å². The van der Waals surface area contributed by atoms with Crippen LogP contribution >= 0.6 is 0 Å². The van der Waals surface area contributed by atoms with E-state index in [1.165, 1.54) is 0 Å². The monoisotopic (exact) mass is 383 g/mol. The Morgan fingerprint density at radius 3 is 2.44 bits per heavy atom. The Balaban J connectivity index is 2.08. The molecule has 27 heavy (non-hydrogen) atoms. The van der Waals surface area contributed by atoms with E-state index >= 15 is 0 Å². The molecule has 4 rings (SSSR count). The van der Waals surface area contributed by atoms with Crippen molar-refractivity contribution < 1.29 is 43.6 Å². The molecule has 4 aliphatic rings. The van der Waals surface area contributed by atoms with Crippen molar-refractivity contribution in [2.75, 3.05) is 0 Å². The molecule has 10 nitrogen and oxygen atoms in total. The Kier molecular flexibility index (Phi) is 3.23. The second-order valence-corrected chi connectivity index (χ2v) is 8.67. The maximum absolute atomic E-state index is 12.9. The summed E-state index contributed by atoms with van der Waals surface area (Å²) >= 11 is 0. The lowest BCUT2D eigenvalue weighted by Crippen LogP contribution is -2.68. The van der Waals surface area contributed by atoms with Crippen LogP contribution in [0.25, 0.3) is 0 Å². The molecule has 0 aromatic carbocycles. The molecular weight excluding hydrogens is 362 g/mol. The number of esters is 3. The van der Waals surface area contributed by atoms with Gasteiger partial charge in [-0.3, -0.25) is 19.2 Å². The lowest BCUT2D eigenvalue weighted by molar-refractivity contribution is -0.241. The first kappa shape index (κ1) is 18.2. The summed E-state index contributed by atoms with van der Waals surface area (Å²) in [6.07, 6.45) is -6.68. The highest BCUT2D eigenvalue weighted by molar-refractivity contribution is 5.98. The van der Waals surface area contributed by atoms with Crippen molar-refractivity contribution in [3.63, 3.8) is 0 Å². The summed E-state index contributed by atoms with van der Waals surface area (Å²) in [4.78, 5) is 49.4. The Hall–Kier alpha value is -2.20. The molecule has 1 amide bonds. The van der Waals surface area contributed by atoms with Crippen LogP contribution in [0.2, 0.25) is 0 Å². The summed E-state index contributed by atoms with van der Waals surface area (Å²) in [5.74, 6) is -3.26. The van der Waals surface area contributed by atoms with Crippen molar-refractivity contribution in [2.24, 2.45) is 16.2 Å². The van der Waals surface area contributed by atoms with E-state index in [-0.39, 0.29) is 0 Å². The van der Waals surface area contributed by atoms with E-state index in [1.54, 1.807) is 20.8 Å². The zero-order valence-corrected chi connectivity index (χ0v) is 15.3. The number of aliphatic hydroxyl groups excluding tert-OH is 1. The maximum Gasteiger partial charge on any atom is 0.319 e. The van der Waals surface area contributed by atoms with Crippen LogP contribution in [0.15, 0.2) is 0 Å². The zero-order valence-electron chi connectivity index (χ0n) is 15.3. The fourth-order valence-corrected chi connectivity index (χ4v) is 5.73. The van der Waals surface area contributed by atoms with Crippen LogP contribution < -0.4 is 5.32 Å². The second kappa shape index (κ2) is 4.79. The molecule has 7 atom stereocenters. The maximum atomic E-state index is 12.9. The smallest absolute Gasteiger partial charge is 0.319 e. The summed E-state index contributed by atoms with van der Waals surface area (Å²) in [6.45, 7) is 5.90. The number of carbonyl (C=O) groups excluding carboxylic acids is 4. The fraction of sp³-hybridized carbons (Fsp3) is 0.765. The third-order valence-corrected chi connectivity index (χ3v) is 6.61. The molecule has 0 aromatic heterocycles. The molecular formula is C17H21NO9.